The Labute approximate surface area is 281 Å². The van der Waals surface area contributed by atoms with Crippen LogP contribution in [0.15, 0.2) is 87.5 Å². The van der Waals surface area contributed by atoms with Crippen molar-refractivity contribution < 1.29 is 9.53 Å². The molecule has 0 saturated carbocycles. The predicted octanol–water partition coefficient (Wildman–Crippen LogP) is 3.59. The Morgan fingerprint density at radius 3 is 1.98 bits per heavy atom. The molecule has 0 bridgehead atoms. The molecule has 0 unspecified atom stereocenters. The first-order valence-electron chi connectivity index (χ1n) is 13.3. The number of hydrogen-bond donors (Lipinski definition) is 4. The van der Waals surface area contributed by atoms with Crippen molar-refractivity contribution in [1.82, 2.24) is 29.7 Å². The minimum atomic E-state index is -0.465. The van der Waals surface area contributed by atoms with Gasteiger partial charge in [0.05, 0.1) is 12.9 Å². The van der Waals surface area contributed by atoms with Crippen LogP contribution in [0.5, 0.6) is 5.75 Å². The summed E-state index contributed by atoms with van der Waals surface area (Å²) in [6.45, 7) is 0. The molecular weight excluding hydrogens is 673 g/mol. The minimum absolute atomic E-state index is 0.0217. The van der Waals surface area contributed by atoms with E-state index in [-0.39, 0.29) is 33.7 Å². The Morgan fingerprint density at radius 2 is 1.41 bits per heavy atom. The number of ether oxygens (including phenoxy) is 1. The summed E-state index contributed by atoms with van der Waals surface area (Å²) < 4.78 is 6.94. The summed E-state index contributed by atoms with van der Waals surface area (Å²) >= 11 is 17.4. The summed E-state index contributed by atoms with van der Waals surface area (Å²) in [6, 6.07) is 21.2. The first kappa shape index (κ1) is 34.2. The fourth-order valence-electron chi connectivity index (χ4n) is 3.79. The number of hydrogen-bond acceptors (Lipinski definition) is 11. The lowest BCUT2D eigenvalue weighted by molar-refractivity contribution is -0.113. The van der Waals surface area contributed by atoms with Gasteiger partial charge in [-0.2, -0.15) is 14.5 Å². The van der Waals surface area contributed by atoms with E-state index in [9.17, 15) is 14.4 Å². The molecule has 0 atom stereocenters. The number of methoxy groups -OCH3 is 1. The predicted molar refractivity (Wildman–Crippen MR) is 181 cm³/mol. The van der Waals surface area contributed by atoms with Crippen LogP contribution in [-0.4, -0.2) is 48.5 Å². The maximum atomic E-state index is 12.4. The van der Waals surface area contributed by atoms with Gasteiger partial charge in [-0.05, 0) is 71.9 Å². The van der Waals surface area contributed by atoms with Crippen molar-refractivity contribution in [2.24, 2.45) is 0 Å². The Morgan fingerprint density at radius 1 is 0.870 bits per heavy atom. The molecule has 46 heavy (non-hydrogen) atoms. The number of nitrogens with one attached hydrogen (secondary N) is 2. The van der Waals surface area contributed by atoms with Crippen molar-refractivity contribution in [1.29, 1.82) is 0 Å². The fourth-order valence-corrected chi connectivity index (χ4v) is 4.82. The number of nitrogen functional groups attached to an aromatic ring is 2. The molecule has 0 saturated heterocycles. The molecular formula is C29H27Cl2N9O4S2. The number of halogens is 2. The van der Waals surface area contributed by atoms with Gasteiger partial charge in [0, 0.05) is 28.6 Å². The average Bonchev–Trinajstić information content (AvgIpc) is 3.06. The summed E-state index contributed by atoms with van der Waals surface area (Å²) in [6.07, 6.45) is 0.655. The SMILES string of the molecule is COc1ccc(NC(=O)CSc2nnc(Cc3ccc(Cl)cc3)c(=O)n2N)cc1.Nn1c(=S)[nH]nc(Cc2ccc(Cl)cc2)c1=O. The molecule has 238 valence electrons. The quantitative estimate of drug-likeness (QED) is 0.1000. The second-order valence-corrected chi connectivity index (χ2v) is 11.6. The molecule has 13 nitrogen and oxygen atoms in total. The minimum Gasteiger partial charge on any atom is -0.497 e. The van der Waals surface area contributed by atoms with E-state index in [0.717, 1.165) is 32.2 Å². The van der Waals surface area contributed by atoms with Gasteiger partial charge in [0.15, 0.2) is 0 Å². The van der Waals surface area contributed by atoms with Crippen LogP contribution in [0.3, 0.4) is 0 Å². The molecule has 2 aromatic heterocycles. The van der Waals surface area contributed by atoms with Crippen molar-refractivity contribution in [3.05, 3.63) is 131 Å². The molecule has 1 amide bonds. The number of thioether (sulfide) groups is 1. The van der Waals surface area contributed by atoms with Gasteiger partial charge in [-0.15, -0.1) is 10.2 Å². The third kappa shape index (κ3) is 9.40. The van der Waals surface area contributed by atoms with Gasteiger partial charge in [0.1, 0.15) is 17.1 Å². The topological polar surface area (TPSA) is 189 Å². The van der Waals surface area contributed by atoms with Gasteiger partial charge in [-0.1, -0.05) is 59.2 Å². The van der Waals surface area contributed by atoms with E-state index in [4.69, 9.17) is 51.8 Å². The van der Waals surface area contributed by atoms with Crippen LogP contribution in [0.25, 0.3) is 0 Å². The summed E-state index contributed by atoms with van der Waals surface area (Å²) in [5, 5.41) is 18.5. The van der Waals surface area contributed by atoms with Crippen LogP contribution in [0, 0.1) is 4.77 Å². The zero-order chi connectivity index (χ0) is 33.2. The lowest BCUT2D eigenvalue weighted by Crippen LogP contribution is -2.34. The van der Waals surface area contributed by atoms with Crippen molar-refractivity contribution in [2.75, 3.05) is 29.9 Å². The standard InChI is InChI=1S/C19H18ClN5O3S.C10H9ClN4OS/c1-28-15-8-6-14(7-9-15)22-17(26)11-29-19-24-23-16(18(27)25(19)21)10-12-2-4-13(20)5-3-12;11-7-3-1-6(2-4-7)5-8-9(16)15(12)10(17)14-13-8/h2-9H,10-11,21H2,1H3,(H,22,26);1-4H,5,12H2,(H,14,17). The van der Waals surface area contributed by atoms with Gasteiger partial charge in [-0.3, -0.25) is 19.5 Å². The summed E-state index contributed by atoms with van der Waals surface area (Å²) in [7, 11) is 1.57. The molecule has 6 N–H and O–H groups in total. The normalized spacial score (nSPS) is 10.5. The summed E-state index contributed by atoms with van der Waals surface area (Å²) in [5.41, 5.74) is 2.07. The van der Waals surface area contributed by atoms with Gasteiger partial charge >= 0.3 is 0 Å². The third-order valence-electron chi connectivity index (χ3n) is 6.17. The van der Waals surface area contributed by atoms with E-state index in [0.29, 0.717) is 33.6 Å². The lowest BCUT2D eigenvalue weighted by atomic mass is 10.1. The third-order valence-corrected chi connectivity index (χ3v) is 7.91. The fraction of sp³-hybridized carbons (Fsp3) is 0.138. The number of aromatic amines is 1. The molecule has 3 aromatic carbocycles. The summed E-state index contributed by atoms with van der Waals surface area (Å²) in [4.78, 5) is 36.3. The van der Waals surface area contributed by atoms with Gasteiger partial charge in [0.2, 0.25) is 15.8 Å². The Bertz CT molecular complexity index is 1980. The number of nitrogens with zero attached hydrogens (tertiary/aromatic N) is 5. The summed E-state index contributed by atoms with van der Waals surface area (Å²) in [5.74, 6) is 11.8. The van der Waals surface area contributed by atoms with E-state index in [2.05, 4.69) is 25.7 Å². The van der Waals surface area contributed by atoms with Crippen molar-refractivity contribution in [3.8, 4) is 5.75 Å². The largest absolute Gasteiger partial charge is 0.497 e. The highest BCUT2D eigenvalue weighted by molar-refractivity contribution is 7.99. The molecule has 0 radical (unpaired) electrons. The number of benzene rings is 3. The molecule has 5 aromatic rings. The number of anilines is 1. The number of H-pyrrole nitrogens is 1. The van der Waals surface area contributed by atoms with E-state index in [1.807, 2.05) is 12.1 Å². The van der Waals surface area contributed by atoms with Crippen molar-refractivity contribution in [2.45, 2.75) is 18.0 Å². The Balaban J connectivity index is 0.000000240. The molecule has 0 aliphatic rings. The Kier molecular flexibility index (Phi) is 11.9. The van der Waals surface area contributed by atoms with E-state index >= 15 is 0 Å². The van der Waals surface area contributed by atoms with Crippen LogP contribution in [0.1, 0.15) is 22.5 Å². The van der Waals surface area contributed by atoms with Gasteiger partial charge in [-0.25, -0.2) is 0 Å². The van der Waals surface area contributed by atoms with Crippen LogP contribution in [0.4, 0.5) is 5.69 Å². The molecule has 0 aliphatic heterocycles. The maximum Gasteiger partial charge on any atom is 0.295 e. The second kappa shape index (κ2) is 16.0. The zero-order valence-electron chi connectivity index (χ0n) is 24.1. The lowest BCUT2D eigenvalue weighted by Gasteiger charge is -2.08. The number of carbonyl (C=O) groups excluding carboxylic acids is 1. The van der Waals surface area contributed by atoms with E-state index < -0.39 is 11.1 Å². The highest BCUT2D eigenvalue weighted by Gasteiger charge is 2.13. The monoisotopic (exact) mass is 699 g/mol. The molecule has 5 rings (SSSR count). The smallest absolute Gasteiger partial charge is 0.295 e. The average molecular weight is 701 g/mol. The molecule has 0 aliphatic carbocycles. The zero-order valence-corrected chi connectivity index (χ0v) is 27.3. The van der Waals surface area contributed by atoms with Gasteiger partial charge in [0.25, 0.3) is 11.1 Å². The number of amides is 1. The molecule has 17 heteroatoms. The maximum absolute atomic E-state index is 12.4. The highest BCUT2D eigenvalue weighted by atomic mass is 35.5. The molecule has 2 heterocycles. The van der Waals surface area contributed by atoms with Gasteiger partial charge < -0.3 is 21.7 Å². The van der Waals surface area contributed by atoms with Crippen molar-refractivity contribution in [3.63, 3.8) is 0 Å². The number of nitrogens with two attached hydrogens (primary N) is 2. The second-order valence-electron chi connectivity index (χ2n) is 9.43. The van der Waals surface area contributed by atoms with Crippen LogP contribution in [-0.2, 0) is 17.6 Å². The molecule has 0 spiro atoms. The number of carbonyl (C=O) groups is 1. The van der Waals surface area contributed by atoms with Crippen LogP contribution >= 0.6 is 47.2 Å². The highest BCUT2D eigenvalue weighted by Crippen LogP contribution is 2.17. The van der Waals surface area contributed by atoms with Crippen LogP contribution in [0.2, 0.25) is 10.0 Å². The first-order valence-corrected chi connectivity index (χ1v) is 15.4. The van der Waals surface area contributed by atoms with E-state index in [1.54, 1.807) is 67.8 Å². The first-order chi connectivity index (χ1) is 22.0. The van der Waals surface area contributed by atoms with Crippen LogP contribution < -0.4 is 32.9 Å². The number of aromatic nitrogens is 6. The molecule has 0 fully saturated rings. The van der Waals surface area contributed by atoms with E-state index in [1.165, 1.54) is 0 Å². The Hall–Kier alpha value is -4.70. The van der Waals surface area contributed by atoms with Crippen molar-refractivity contribution >= 4 is 58.8 Å². The number of rotatable bonds is 9.